The minimum Gasteiger partial charge on any atom is -0.374 e. The highest BCUT2D eigenvalue weighted by Crippen LogP contribution is 2.41. The molecule has 2 aliphatic heterocycles. The van der Waals surface area contributed by atoms with Crippen molar-refractivity contribution in [1.82, 2.24) is 0 Å². The Labute approximate surface area is 128 Å². The molecule has 0 amide bonds. The number of benzene rings is 1. The first-order valence-corrected chi connectivity index (χ1v) is 8.65. The maximum absolute atomic E-state index is 13.3. The summed E-state index contributed by atoms with van der Waals surface area (Å²) in [5.74, 6) is 1.01. The Balaban J connectivity index is 1.64. The lowest BCUT2D eigenvalue weighted by molar-refractivity contribution is -0.0831. The van der Waals surface area contributed by atoms with Gasteiger partial charge in [-0.3, -0.25) is 0 Å². The van der Waals surface area contributed by atoms with Gasteiger partial charge in [-0.25, -0.2) is 8.78 Å². The molecule has 2 heterocycles. The number of nitrogens with two attached hydrogens (primary N) is 1. The van der Waals surface area contributed by atoms with Crippen LogP contribution in [0.1, 0.15) is 24.8 Å². The van der Waals surface area contributed by atoms with Crippen molar-refractivity contribution in [2.45, 2.75) is 37.3 Å². The summed E-state index contributed by atoms with van der Waals surface area (Å²) in [6.07, 6.45) is 3.64. The summed E-state index contributed by atoms with van der Waals surface area (Å²) in [4.78, 5) is 0. The standard InChI is InChI=1S/C16H21F2NOS/c17-13-2-1-11(7-14(13)18)8-15(19)12-3-5-20-16(9-12)4-6-21-10-16/h1-2,7,12,15H,3-6,8-10,19H2. The minimum absolute atomic E-state index is 0.0131. The molecule has 21 heavy (non-hydrogen) atoms. The van der Waals surface area contributed by atoms with Gasteiger partial charge in [0.15, 0.2) is 11.6 Å². The zero-order valence-electron chi connectivity index (χ0n) is 12.0. The smallest absolute Gasteiger partial charge is 0.159 e. The average molecular weight is 313 g/mol. The van der Waals surface area contributed by atoms with E-state index >= 15 is 0 Å². The average Bonchev–Trinajstić information content (AvgIpc) is 2.91. The first-order valence-electron chi connectivity index (χ1n) is 7.49. The van der Waals surface area contributed by atoms with Crippen molar-refractivity contribution in [3.8, 4) is 0 Å². The molecule has 1 spiro atoms. The lowest BCUT2D eigenvalue weighted by Gasteiger charge is -2.40. The van der Waals surface area contributed by atoms with E-state index in [2.05, 4.69) is 0 Å². The van der Waals surface area contributed by atoms with Gasteiger partial charge in [-0.2, -0.15) is 11.8 Å². The molecule has 2 aliphatic rings. The van der Waals surface area contributed by atoms with E-state index in [0.29, 0.717) is 12.3 Å². The Morgan fingerprint density at radius 2 is 2.24 bits per heavy atom. The number of thioether (sulfide) groups is 1. The number of hydrogen-bond acceptors (Lipinski definition) is 3. The fourth-order valence-electron chi connectivity index (χ4n) is 3.40. The van der Waals surface area contributed by atoms with Crippen LogP contribution < -0.4 is 5.73 Å². The largest absolute Gasteiger partial charge is 0.374 e. The van der Waals surface area contributed by atoms with Gasteiger partial charge in [-0.05, 0) is 55.1 Å². The highest BCUT2D eigenvalue weighted by Gasteiger charge is 2.41. The van der Waals surface area contributed by atoms with E-state index in [1.165, 1.54) is 12.1 Å². The molecule has 3 atom stereocenters. The molecule has 0 radical (unpaired) electrons. The first kappa shape index (κ1) is 15.3. The fraction of sp³-hybridized carbons (Fsp3) is 0.625. The summed E-state index contributed by atoms with van der Waals surface area (Å²) in [7, 11) is 0. The van der Waals surface area contributed by atoms with Crippen molar-refractivity contribution in [1.29, 1.82) is 0 Å². The summed E-state index contributed by atoms with van der Waals surface area (Å²) in [6, 6.07) is 4.03. The van der Waals surface area contributed by atoms with Crippen molar-refractivity contribution < 1.29 is 13.5 Å². The lowest BCUT2D eigenvalue weighted by atomic mass is 9.80. The van der Waals surface area contributed by atoms with Crippen LogP contribution in [0.25, 0.3) is 0 Å². The molecule has 2 N–H and O–H groups in total. The topological polar surface area (TPSA) is 35.2 Å². The van der Waals surface area contributed by atoms with Gasteiger partial charge in [-0.15, -0.1) is 0 Å². The van der Waals surface area contributed by atoms with Crippen LogP contribution in [0.2, 0.25) is 0 Å². The zero-order valence-corrected chi connectivity index (χ0v) is 12.8. The van der Waals surface area contributed by atoms with Crippen molar-refractivity contribution in [3.05, 3.63) is 35.4 Å². The van der Waals surface area contributed by atoms with Crippen LogP contribution in [0.4, 0.5) is 8.78 Å². The maximum Gasteiger partial charge on any atom is 0.159 e. The molecular weight excluding hydrogens is 292 g/mol. The quantitative estimate of drug-likeness (QED) is 0.931. The van der Waals surface area contributed by atoms with E-state index in [1.54, 1.807) is 6.07 Å². The number of rotatable bonds is 3. The van der Waals surface area contributed by atoms with Crippen molar-refractivity contribution in [2.24, 2.45) is 11.7 Å². The van der Waals surface area contributed by atoms with Crippen LogP contribution in [0.15, 0.2) is 18.2 Å². The van der Waals surface area contributed by atoms with Gasteiger partial charge in [0.2, 0.25) is 0 Å². The van der Waals surface area contributed by atoms with Crippen molar-refractivity contribution >= 4 is 11.8 Å². The van der Waals surface area contributed by atoms with Crippen LogP contribution in [0.5, 0.6) is 0 Å². The molecule has 2 nitrogen and oxygen atoms in total. The van der Waals surface area contributed by atoms with Gasteiger partial charge >= 0.3 is 0 Å². The third-order valence-electron chi connectivity index (χ3n) is 4.66. The number of ether oxygens (including phenoxy) is 1. The Morgan fingerprint density at radius 3 is 2.95 bits per heavy atom. The van der Waals surface area contributed by atoms with Gasteiger partial charge in [0.25, 0.3) is 0 Å². The van der Waals surface area contributed by atoms with Crippen molar-refractivity contribution in [2.75, 3.05) is 18.1 Å². The molecule has 2 saturated heterocycles. The van der Waals surface area contributed by atoms with E-state index in [0.717, 1.165) is 42.9 Å². The Bertz CT molecular complexity index is 505. The molecule has 116 valence electrons. The molecule has 5 heteroatoms. The van der Waals surface area contributed by atoms with Crippen LogP contribution in [0.3, 0.4) is 0 Å². The summed E-state index contributed by atoms with van der Waals surface area (Å²) >= 11 is 1.94. The minimum atomic E-state index is -0.805. The third-order valence-corrected chi connectivity index (χ3v) is 5.88. The molecular formula is C16H21F2NOS. The SMILES string of the molecule is NC(Cc1ccc(F)c(F)c1)C1CCOC2(CCSC2)C1. The zero-order chi connectivity index (χ0) is 14.9. The monoisotopic (exact) mass is 313 g/mol. The second-order valence-electron chi connectivity index (χ2n) is 6.20. The molecule has 3 unspecified atom stereocenters. The third kappa shape index (κ3) is 3.41. The predicted molar refractivity (Wildman–Crippen MR) is 81.4 cm³/mol. The predicted octanol–water partition coefficient (Wildman–Crippen LogP) is 3.14. The van der Waals surface area contributed by atoms with E-state index in [-0.39, 0.29) is 11.6 Å². The Kier molecular flexibility index (Phi) is 4.52. The van der Waals surface area contributed by atoms with E-state index < -0.39 is 11.6 Å². The van der Waals surface area contributed by atoms with Gasteiger partial charge in [0, 0.05) is 18.4 Å². The van der Waals surface area contributed by atoms with Crippen molar-refractivity contribution in [3.63, 3.8) is 0 Å². The van der Waals surface area contributed by atoms with E-state index in [1.807, 2.05) is 11.8 Å². The van der Waals surface area contributed by atoms with Crippen LogP contribution in [-0.4, -0.2) is 29.8 Å². The lowest BCUT2D eigenvalue weighted by Crippen LogP contribution is -2.46. The van der Waals surface area contributed by atoms with Crippen LogP contribution >= 0.6 is 11.8 Å². The number of hydrogen-bond donors (Lipinski definition) is 1. The van der Waals surface area contributed by atoms with Gasteiger partial charge in [0.1, 0.15) is 0 Å². The van der Waals surface area contributed by atoms with Gasteiger partial charge < -0.3 is 10.5 Å². The Hall–Kier alpha value is -0.650. The fourth-order valence-corrected chi connectivity index (χ4v) is 4.78. The van der Waals surface area contributed by atoms with Gasteiger partial charge in [-0.1, -0.05) is 6.07 Å². The normalized spacial score (nSPS) is 30.7. The summed E-state index contributed by atoms with van der Waals surface area (Å²) < 4.78 is 32.2. The van der Waals surface area contributed by atoms with E-state index in [4.69, 9.17) is 10.5 Å². The summed E-state index contributed by atoms with van der Waals surface area (Å²) in [6.45, 7) is 0.761. The van der Waals surface area contributed by atoms with Crippen LogP contribution in [-0.2, 0) is 11.2 Å². The van der Waals surface area contributed by atoms with Crippen LogP contribution in [0, 0.1) is 17.6 Å². The second kappa shape index (κ2) is 6.23. The molecule has 0 aromatic heterocycles. The molecule has 0 saturated carbocycles. The second-order valence-corrected chi connectivity index (χ2v) is 7.31. The van der Waals surface area contributed by atoms with E-state index in [9.17, 15) is 8.78 Å². The summed E-state index contributed by atoms with van der Waals surface area (Å²) in [5, 5.41) is 0. The van der Waals surface area contributed by atoms with Gasteiger partial charge in [0.05, 0.1) is 5.60 Å². The highest BCUT2D eigenvalue weighted by atomic mass is 32.2. The molecule has 2 fully saturated rings. The Morgan fingerprint density at radius 1 is 1.38 bits per heavy atom. The molecule has 1 aromatic carbocycles. The highest BCUT2D eigenvalue weighted by molar-refractivity contribution is 7.99. The summed E-state index contributed by atoms with van der Waals surface area (Å²) in [5.41, 5.74) is 7.12. The molecule has 0 bridgehead atoms. The molecule has 3 rings (SSSR count). The molecule has 1 aromatic rings. The number of halogens is 2. The first-order chi connectivity index (χ1) is 10.1. The molecule has 0 aliphatic carbocycles. The maximum atomic E-state index is 13.3.